The number of aliphatic imine (C=N–C) groups is 1. The van der Waals surface area contributed by atoms with Gasteiger partial charge < -0.3 is 15.4 Å². The summed E-state index contributed by atoms with van der Waals surface area (Å²) in [7, 11) is 1.69. The molecule has 3 rings (SSSR count). The van der Waals surface area contributed by atoms with Gasteiger partial charge in [-0.25, -0.2) is 4.99 Å². The normalized spacial score (nSPS) is 17.6. The zero-order chi connectivity index (χ0) is 17.5. The number of hydrogen-bond donors (Lipinski definition) is 2. The van der Waals surface area contributed by atoms with Gasteiger partial charge in [-0.05, 0) is 56.2 Å². The second-order valence-corrected chi connectivity index (χ2v) is 7.14. The standard InChI is InChI=1S/C20H32N4O/c1-3-21-20(23-14-16-6-10-19(25-2)11-7-16)22-12-13-24(18-8-9-18)15-17-4-5-17/h6-7,10-11,17-18H,3-5,8-9,12-15H2,1-2H3,(H2,21,22,23). The first kappa shape index (κ1) is 18.1. The minimum Gasteiger partial charge on any atom is -0.497 e. The lowest BCUT2D eigenvalue weighted by atomic mass is 10.2. The first-order valence-electron chi connectivity index (χ1n) is 9.67. The third-order valence-electron chi connectivity index (χ3n) is 4.87. The summed E-state index contributed by atoms with van der Waals surface area (Å²) in [6, 6.07) is 8.95. The molecule has 0 heterocycles. The number of hydrogen-bond acceptors (Lipinski definition) is 3. The minimum atomic E-state index is 0.674. The van der Waals surface area contributed by atoms with Crippen LogP contribution in [0.4, 0.5) is 0 Å². The van der Waals surface area contributed by atoms with Crippen molar-refractivity contribution in [3.63, 3.8) is 0 Å². The summed E-state index contributed by atoms with van der Waals surface area (Å²) < 4.78 is 5.20. The van der Waals surface area contributed by atoms with Crippen molar-refractivity contribution >= 4 is 5.96 Å². The highest BCUT2D eigenvalue weighted by Gasteiger charge is 2.33. The lowest BCUT2D eigenvalue weighted by molar-refractivity contribution is 0.256. The van der Waals surface area contributed by atoms with Gasteiger partial charge in [0.1, 0.15) is 5.75 Å². The Kier molecular flexibility index (Phi) is 6.56. The zero-order valence-corrected chi connectivity index (χ0v) is 15.6. The van der Waals surface area contributed by atoms with Crippen molar-refractivity contribution in [1.29, 1.82) is 0 Å². The minimum absolute atomic E-state index is 0.674. The Morgan fingerprint density at radius 2 is 1.92 bits per heavy atom. The summed E-state index contributed by atoms with van der Waals surface area (Å²) in [6.07, 6.45) is 5.64. The van der Waals surface area contributed by atoms with Crippen LogP contribution in [0.5, 0.6) is 5.75 Å². The Bertz CT molecular complexity index is 549. The summed E-state index contributed by atoms with van der Waals surface area (Å²) in [4.78, 5) is 7.38. The van der Waals surface area contributed by atoms with Crippen LogP contribution in [-0.2, 0) is 6.54 Å². The molecule has 0 aliphatic heterocycles. The zero-order valence-electron chi connectivity index (χ0n) is 15.6. The number of benzene rings is 1. The van der Waals surface area contributed by atoms with Crippen LogP contribution < -0.4 is 15.4 Å². The smallest absolute Gasteiger partial charge is 0.191 e. The topological polar surface area (TPSA) is 48.9 Å². The quantitative estimate of drug-likeness (QED) is 0.506. The number of rotatable bonds is 10. The van der Waals surface area contributed by atoms with E-state index in [1.807, 2.05) is 12.1 Å². The van der Waals surface area contributed by atoms with Crippen LogP contribution in [0.25, 0.3) is 0 Å². The molecule has 2 fully saturated rings. The van der Waals surface area contributed by atoms with E-state index in [-0.39, 0.29) is 0 Å². The summed E-state index contributed by atoms with van der Waals surface area (Å²) in [5.41, 5.74) is 1.19. The number of nitrogens with zero attached hydrogens (tertiary/aromatic N) is 2. The van der Waals surface area contributed by atoms with Crippen molar-refractivity contribution in [3.8, 4) is 5.75 Å². The molecule has 0 radical (unpaired) electrons. The fourth-order valence-corrected chi connectivity index (χ4v) is 3.06. The van der Waals surface area contributed by atoms with E-state index >= 15 is 0 Å². The predicted octanol–water partition coefficient (Wildman–Crippen LogP) is 2.62. The molecule has 1 aromatic carbocycles. The van der Waals surface area contributed by atoms with Crippen molar-refractivity contribution in [2.24, 2.45) is 10.9 Å². The van der Waals surface area contributed by atoms with E-state index in [1.165, 1.54) is 37.8 Å². The Morgan fingerprint density at radius 3 is 2.52 bits per heavy atom. The van der Waals surface area contributed by atoms with E-state index < -0.39 is 0 Å². The summed E-state index contributed by atoms with van der Waals surface area (Å²) >= 11 is 0. The third kappa shape index (κ3) is 6.24. The first-order chi connectivity index (χ1) is 12.3. The van der Waals surface area contributed by atoms with Crippen LogP contribution in [0, 0.1) is 5.92 Å². The molecule has 2 aliphatic rings. The number of methoxy groups -OCH3 is 1. The van der Waals surface area contributed by atoms with Crippen molar-refractivity contribution in [1.82, 2.24) is 15.5 Å². The molecule has 0 aromatic heterocycles. The van der Waals surface area contributed by atoms with Gasteiger partial charge in [0.2, 0.25) is 0 Å². The molecule has 0 spiro atoms. The van der Waals surface area contributed by atoms with Gasteiger partial charge in [0.15, 0.2) is 5.96 Å². The molecule has 0 amide bonds. The van der Waals surface area contributed by atoms with Gasteiger partial charge in [-0.15, -0.1) is 0 Å². The summed E-state index contributed by atoms with van der Waals surface area (Å²) in [5.74, 6) is 2.76. The molecule has 2 aliphatic carbocycles. The Balaban J connectivity index is 1.45. The van der Waals surface area contributed by atoms with Gasteiger partial charge in [-0.1, -0.05) is 12.1 Å². The van der Waals surface area contributed by atoms with Crippen LogP contribution in [0.3, 0.4) is 0 Å². The van der Waals surface area contributed by atoms with Gasteiger partial charge in [-0.3, -0.25) is 4.90 Å². The van der Waals surface area contributed by atoms with Crippen molar-refractivity contribution < 1.29 is 4.74 Å². The third-order valence-corrected chi connectivity index (χ3v) is 4.87. The molecule has 2 saturated carbocycles. The van der Waals surface area contributed by atoms with E-state index in [4.69, 9.17) is 9.73 Å². The number of ether oxygens (including phenoxy) is 1. The highest BCUT2D eigenvalue weighted by Crippen LogP contribution is 2.34. The first-order valence-corrected chi connectivity index (χ1v) is 9.67. The van der Waals surface area contributed by atoms with Crippen molar-refractivity contribution in [3.05, 3.63) is 29.8 Å². The number of guanidine groups is 1. The molecule has 0 unspecified atom stereocenters. The second-order valence-electron chi connectivity index (χ2n) is 7.14. The van der Waals surface area contributed by atoms with E-state index in [2.05, 4.69) is 34.6 Å². The average Bonchev–Trinajstić information content (AvgIpc) is 3.53. The van der Waals surface area contributed by atoms with Gasteiger partial charge in [-0.2, -0.15) is 0 Å². The maximum absolute atomic E-state index is 5.20. The van der Waals surface area contributed by atoms with E-state index in [0.717, 1.165) is 43.3 Å². The van der Waals surface area contributed by atoms with Gasteiger partial charge in [0.25, 0.3) is 0 Å². The second kappa shape index (κ2) is 9.09. The molecule has 25 heavy (non-hydrogen) atoms. The molecule has 1 aromatic rings. The molecule has 2 N–H and O–H groups in total. The van der Waals surface area contributed by atoms with Crippen LogP contribution in [-0.4, -0.2) is 50.2 Å². The van der Waals surface area contributed by atoms with Crippen LogP contribution in [0.1, 0.15) is 38.2 Å². The lowest BCUT2D eigenvalue weighted by Crippen LogP contribution is -2.42. The van der Waals surface area contributed by atoms with Gasteiger partial charge in [0.05, 0.1) is 13.7 Å². The summed E-state index contributed by atoms with van der Waals surface area (Å²) in [5, 5.41) is 6.84. The molecule has 138 valence electrons. The van der Waals surface area contributed by atoms with Crippen LogP contribution in [0.2, 0.25) is 0 Å². The molecule has 0 atom stereocenters. The highest BCUT2D eigenvalue weighted by molar-refractivity contribution is 5.79. The van der Waals surface area contributed by atoms with E-state index in [1.54, 1.807) is 7.11 Å². The molecular formula is C20H32N4O. The van der Waals surface area contributed by atoms with Gasteiger partial charge >= 0.3 is 0 Å². The van der Waals surface area contributed by atoms with Crippen LogP contribution >= 0.6 is 0 Å². The predicted molar refractivity (Wildman–Crippen MR) is 103 cm³/mol. The SMILES string of the molecule is CCNC(=NCc1ccc(OC)cc1)NCCN(CC1CC1)C1CC1. The molecule has 0 bridgehead atoms. The van der Waals surface area contributed by atoms with E-state index in [0.29, 0.717) is 6.54 Å². The maximum atomic E-state index is 5.20. The van der Waals surface area contributed by atoms with Crippen LogP contribution in [0.15, 0.2) is 29.3 Å². The number of nitrogens with one attached hydrogen (secondary N) is 2. The summed E-state index contributed by atoms with van der Waals surface area (Å²) in [6.45, 7) is 7.03. The Morgan fingerprint density at radius 1 is 1.16 bits per heavy atom. The Hall–Kier alpha value is -1.75. The molecule has 0 saturated heterocycles. The Labute approximate surface area is 151 Å². The monoisotopic (exact) mass is 344 g/mol. The highest BCUT2D eigenvalue weighted by atomic mass is 16.5. The maximum Gasteiger partial charge on any atom is 0.191 e. The average molecular weight is 345 g/mol. The fourth-order valence-electron chi connectivity index (χ4n) is 3.06. The fraction of sp³-hybridized carbons (Fsp3) is 0.650. The molecule has 5 heteroatoms. The van der Waals surface area contributed by atoms with Crippen molar-refractivity contribution in [2.75, 3.05) is 33.3 Å². The van der Waals surface area contributed by atoms with Gasteiger partial charge in [0, 0.05) is 32.2 Å². The van der Waals surface area contributed by atoms with E-state index in [9.17, 15) is 0 Å². The largest absolute Gasteiger partial charge is 0.497 e. The van der Waals surface area contributed by atoms with Crippen molar-refractivity contribution in [2.45, 2.75) is 45.2 Å². The molecular weight excluding hydrogens is 312 g/mol. The molecule has 5 nitrogen and oxygen atoms in total. The lowest BCUT2D eigenvalue weighted by Gasteiger charge is -2.22.